The van der Waals surface area contributed by atoms with Crippen LogP contribution >= 0.6 is 0 Å². The summed E-state index contributed by atoms with van der Waals surface area (Å²) in [4.78, 5) is 24.9. The Labute approximate surface area is 125 Å². The van der Waals surface area contributed by atoms with Crippen molar-refractivity contribution in [2.75, 3.05) is 19.8 Å². The molecule has 1 aromatic carbocycles. The fraction of sp³-hybridized carbons (Fsp3) is 0.467. The summed E-state index contributed by atoms with van der Waals surface area (Å²) in [7, 11) is 3.35. The zero-order chi connectivity index (χ0) is 16.2. The summed E-state index contributed by atoms with van der Waals surface area (Å²) in [6.45, 7) is 5.63. The maximum Gasteiger partial charge on any atom is 0.407 e. The number of carbonyl (C=O) groups is 2. The molecule has 1 rings (SSSR count). The summed E-state index contributed by atoms with van der Waals surface area (Å²) < 4.78 is 5.14. The number of nitrogens with zero attached hydrogens (tertiary/aromatic N) is 1. The molecule has 0 unspecified atom stereocenters. The van der Waals surface area contributed by atoms with Crippen molar-refractivity contribution < 1.29 is 14.3 Å². The van der Waals surface area contributed by atoms with Gasteiger partial charge in [-0.1, -0.05) is 6.07 Å². The number of nitrogens with one attached hydrogen (secondary N) is 1. The van der Waals surface area contributed by atoms with Gasteiger partial charge in [0, 0.05) is 31.9 Å². The molecule has 2 amide bonds. The summed E-state index contributed by atoms with van der Waals surface area (Å²) in [6.07, 6.45) is -0.504. The highest BCUT2D eigenvalue weighted by molar-refractivity contribution is 5.94. The van der Waals surface area contributed by atoms with Gasteiger partial charge in [0.1, 0.15) is 5.60 Å². The zero-order valence-electron chi connectivity index (χ0n) is 13.2. The molecule has 0 fully saturated rings. The molecular weight excluding hydrogens is 270 g/mol. The normalized spacial score (nSPS) is 10.9. The van der Waals surface area contributed by atoms with E-state index >= 15 is 0 Å². The van der Waals surface area contributed by atoms with Crippen molar-refractivity contribution >= 4 is 17.7 Å². The molecular formula is C15H23N3O3. The Hall–Kier alpha value is -2.24. The standard InChI is InChI=1S/C15H23N3O3/c1-15(2,3)21-14(20)17-9-11-7-6-10(8-12(11)16)13(19)18(4)5/h6-8H,9,16H2,1-5H3,(H,17,20). The molecule has 0 heterocycles. The molecule has 1 aromatic rings. The third-order valence-corrected chi connectivity index (χ3v) is 2.62. The summed E-state index contributed by atoms with van der Waals surface area (Å²) >= 11 is 0. The van der Waals surface area contributed by atoms with Crippen LogP contribution in [0.3, 0.4) is 0 Å². The lowest BCUT2D eigenvalue weighted by Crippen LogP contribution is -2.32. The van der Waals surface area contributed by atoms with Crippen molar-refractivity contribution in [2.24, 2.45) is 0 Å². The number of benzene rings is 1. The quantitative estimate of drug-likeness (QED) is 0.835. The van der Waals surface area contributed by atoms with Gasteiger partial charge in [0.15, 0.2) is 0 Å². The van der Waals surface area contributed by atoms with Gasteiger partial charge >= 0.3 is 6.09 Å². The highest BCUT2D eigenvalue weighted by Crippen LogP contribution is 2.15. The predicted molar refractivity (Wildman–Crippen MR) is 81.9 cm³/mol. The van der Waals surface area contributed by atoms with E-state index in [1.807, 2.05) is 0 Å². The zero-order valence-corrected chi connectivity index (χ0v) is 13.2. The minimum atomic E-state index is -0.544. The number of amides is 2. The molecule has 6 nitrogen and oxygen atoms in total. The van der Waals surface area contributed by atoms with E-state index in [1.54, 1.807) is 53.1 Å². The highest BCUT2D eigenvalue weighted by Gasteiger charge is 2.16. The summed E-state index contributed by atoms with van der Waals surface area (Å²) in [6, 6.07) is 5.02. The number of carbonyl (C=O) groups excluding carboxylic acids is 2. The average molecular weight is 293 g/mol. The number of ether oxygens (including phenoxy) is 1. The van der Waals surface area contributed by atoms with Gasteiger partial charge in [0.2, 0.25) is 0 Å². The number of hydrogen-bond acceptors (Lipinski definition) is 4. The maximum absolute atomic E-state index is 11.8. The lowest BCUT2D eigenvalue weighted by Gasteiger charge is -2.20. The first-order valence-electron chi connectivity index (χ1n) is 6.67. The molecule has 0 saturated heterocycles. The van der Waals surface area contributed by atoms with Crippen molar-refractivity contribution in [2.45, 2.75) is 32.9 Å². The van der Waals surface area contributed by atoms with Crippen LogP contribution in [-0.4, -0.2) is 36.6 Å². The number of alkyl carbamates (subject to hydrolysis) is 1. The van der Waals surface area contributed by atoms with Gasteiger partial charge in [-0.3, -0.25) is 4.79 Å². The second kappa shape index (κ2) is 6.47. The molecule has 21 heavy (non-hydrogen) atoms. The van der Waals surface area contributed by atoms with Crippen LogP contribution in [0.2, 0.25) is 0 Å². The van der Waals surface area contributed by atoms with Crippen LogP contribution in [0.15, 0.2) is 18.2 Å². The first kappa shape index (κ1) is 16.8. The molecule has 0 radical (unpaired) electrons. The van der Waals surface area contributed by atoms with Crippen LogP contribution in [0, 0.1) is 0 Å². The lowest BCUT2D eigenvalue weighted by molar-refractivity contribution is 0.0523. The minimum absolute atomic E-state index is 0.117. The summed E-state index contributed by atoms with van der Waals surface area (Å²) in [5.41, 5.74) is 7.07. The van der Waals surface area contributed by atoms with E-state index < -0.39 is 11.7 Å². The van der Waals surface area contributed by atoms with Gasteiger partial charge in [-0.2, -0.15) is 0 Å². The van der Waals surface area contributed by atoms with Crippen molar-refractivity contribution in [1.29, 1.82) is 0 Å². The Kier molecular flexibility index (Phi) is 5.18. The number of rotatable bonds is 3. The van der Waals surface area contributed by atoms with Gasteiger partial charge in [0.05, 0.1) is 0 Å². The fourth-order valence-electron chi connectivity index (χ4n) is 1.63. The molecule has 0 aliphatic rings. The second-order valence-electron chi connectivity index (χ2n) is 5.97. The summed E-state index contributed by atoms with van der Waals surface area (Å²) in [5, 5.41) is 2.63. The molecule has 0 bridgehead atoms. The third kappa shape index (κ3) is 5.33. The molecule has 0 atom stereocenters. The average Bonchev–Trinajstić information content (AvgIpc) is 2.34. The van der Waals surface area contributed by atoms with Crippen LogP contribution < -0.4 is 11.1 Å². The Morgan fingerprint density at radius 2 is 1.90 bits per heavy atom. The van der Waals surface area contributed by atoms with Crippen LogP contribution in [0.4, 0.5) is 10.5 Å². The second-order valence-corrected chi connectivity index (χ2v) is 5.97. The van der Waals surface area contributed by atoms with Crippen LogP contribution in [0.1, 0.15) is 36.7 Å². The van der Waals surface area contributed by atoms with Crippen LogP contribution in [0.25, 0.3) is 0 Å². The Morgan fingerprint density at radius 1 is 1.29 bits per heavy atom. The first-order chi connectivity index (χ1) is 9.60. The summed E-state index contributed by atoms with van der Waals surface area (Å²) in [5.74, 6) is -0.117. The number of anilines is 1. The Morgan fingerprint density at radius 3 is 2.38 bits per heavy atom. The van der Waals surface area contributed by atoms with Gasteiger partial charge in [-0.05, 0) is 38.5 Å². The van der Waals surface area contributed by atoms with Crippen molar-refractivity contribution in [3.05, 3.63) is 29.3 Å². The van der Waals surface area contributed by atoms with E-state index in [-0.39, 0.29) is 12.5 Å². The van der Waals surface area contributed by atoms with Crippen molar-refractivity contribution in [1.82, 2.24) is 10.2 Å². The number of nitrogen functional groups attached to an aromatic ring is 1. The van der Waals surface area contributed by atoms with E-state index in [4.69, 9.17) is 10.5 Å². The van der Waals surface area contributed by atoms with Gasteiger partial charge in [-0.15, -0.1) is 0 Å². The predicted octanol–water partition coefficient (Wildman–Crippen LogP) is 2.00. The Bertz CT molecular complexity index is 533. The molecule has 0 aromatic heterocycles. The van der Waals surface area contributed by atoms with Crippen molar-refractivity contribution in [3.63, 3.8) is 0 Å². The minimum Gasteiger partial charge on any atom is -0.444 e. The number of hydrogen-bond donors (Lipinski definition) is 2. The maximum atomic E-state index is 11.8. The van der Waals surface area contributed by atoms with E-state index in [1.165, 1.54) is 4.90 Å². The van der Waals surface area contributed by atoms with Gasteiger partial charge < -0.3 is 20.7 Å². The molecule has 0 aliphatic carbocycles. The topological polar surface area (TPSA) is 84.7 Å². The third-order valence-electron chi connectivity index (χ3n) is 2.62. The molecule has 0 aliphatic heterocycles. The highest BCUT2D eigenvalue weighted by atomic mass is 16.6. The van der Waals surface area contributed by atoms with E-state index in [9.17, 15) is 9.59 Å². The molecule has 116 valence electrons. The van der Waals surface area contributed by atoms with E-state index in [2.05, 4.69) is 5.32 Å². The van der Waals surface area contributed by atoms with E-state index in [0.29, 0.717) is 11.3 Å². The Balaban J connectivity index is 2.70. The van der Waals surface area contributed by atoms with Crippen LogP contribution in [-0.2, 0) is 11.3 Å². The molecule has 3 N–H and O–H groups in total. The SMILES string of the molecule is CN(C)C(=O)c1ccc(CNC(=O)OC(C)(C)C)c(N)c1. The monoisotopic (exact) mass is 293 g/mol. The van der Waals surface area contributed by atoms with Crippen molar-refractivity contribution in [3.8, 4) is 0 Å². The van der Waals surface area contributed by atoms with Crippen LogP contribution in [0.5, 0.6) is 0 Å². The molecule has 6 heteroatoms. The van der Waals surface area contributed by atoms with Gasteiger partial charge in [0.25, 0.3) is 5.91 Å². The molecule has 0 saturated carbocycles. The smallest absolute Gasteiger partial charge is 0.407 e. The molecule has 0 spiro atoms. The fourth-order valence-corrected chi connectivity index (χ4v) is 1.63. The largest absolute Gasteiger partial charge is 0.444 e. The van der Waals surface area contributed by atoms with E-state index in [0.717, 1.165) is 5.56 Å². The first-order valence-corrected chi connectivity index (χ1v) is 6.67. The lowest BCUT2D eigenvalue weighted by atomic mass is 10.1. The number of nitrogens with two attached hydrogens (primary N) is 1. The van der Waals surface area contributed by atoms with Gasteiger partial charge in [-0.25, -0.2) is 4.79 Å².